The van der Waals surface area contributed by atoms with E-state index in [0.717, 1.165) is 13.0 Å². The van der Waals surface area contributed by atoms with Crippen molar-refractivity contribution in [1.29, 1.82) is 0 Å². The van der Waals surface area contributed by atoms with Gasteiger partial charge in [-0.25, -0.2) is 0 Å². The van der Waals surface area contributed by atoms with Crippen LogP contribution in [0.15, 0.2) is 12.1 Å². The van der Waals surface area contributed by atoms with Crippen molar-refractivity contribution in [2.24, 2.45) is 0 Å². The normalized spacial score (nSPS) is 10.4. The highest BCUT2D eigenvalue weighted by Gasteiger charge is 2.16. The Bertz CT molecular complexity index is 398. The molecule has 94 valence electrons. The zero-order valence-electron chi connectivity index (χ0n) is 9.96. The smallest absolute Gasteiger partial charge is 0.253 e. The number of nitrogens with two attached hydrogens (primary N) is 1. The fourth-order valence-electron chi connectivity index (χ4n) is 1.59. The van der Waals surface area contributed by atoms with Gasteiger partial charge in [0.1, 0.15) is 0 Å². The first kappa shape index (κ1) is 14.1. The maximum Gasteiger partial charge on any atom is 0.253 e. The van der Waals surface area contributed by atoms with Gasteiger partial charge in [0.05, 0.1) is 15.7 Å². The van der Waals surface area contributed by atoms with E-state index in [0.29, 0.717) is 27.8 Å². The number of carbonyl (C=O) groups excluding carboxylic acids is 1. The molecule has 0 aliphatic rings. The van der Waals surface area contributed by atoms with Gasteiger partial charge in [-0.2, -0.15) is 0 Å². The maximum absolute atomic E-state index is 12.2. The van der Waals surface area contributed by atoms with Crippen molar-refractivity contribution in [2.75, 3.05) is 18.8 Å². The Morgan fingerprint density at radius 1 is 1.35 bits per heavy atom. The summed E-state index contributed by atoms with van der Waals surface area (Å²) in [5, 5.41) is 0.601. The van der Waals surface area contributed by atoms with E-state index in [9.17, 15) is 4.79 Å². The SMILES string of the molecule is CCCN(CC)C(=O)c1cc(N)c(Cl)c(Cl)c1. The van der Waals surface area contributed by atoms with Crippen LogP contribution in [0, 0.1) is 0 Å². The third-order valence-corrected chi connectivity index (χ3v) is 3.28. The minimum Gasteiger partial charge on any atom is -0.397 e. The van der Waals surface area contributed by atoms with Crippen LogP contribution in [-0.2, 0) is 0 Å². The molecule has 0 aliphatic heterocycles. The fourth-order valence-corrected chi connectivity index (χ4v) is 1.93. The molecule has 0 aromatic heterocycles. The zero-order chi connectivity index (χ0) is 13.0. The van der Waals surface area contributed by atoms with Crippen LogP contribution in [0.25, 0.3) is 0 Å². The van der Waals surface area contributed by atoms with Crippen molar-refractivity contribution >= 4 is 34.8 Å². The second-order valence-electron chi connectivity index (χ2n) is 3.75. The lowest BCUT2D eigenvalue weighted by Crippen LogP contribution is -2.31. The number of rotatable bonds is 4. The summed E-state index contributed by atoms with van der Waals surface area (Å²) < 4.78 is 0. The van der Waals surface area contributed by atoms with Crippen LogP contribution >= 0.6 is 23.2 Å². The Balaban J connectivity index is 3.03. The summed E-state index contributed by atoms with van der Waals surface area (Å²) in [5.74, 6) is -0.0698. The van der Waals surface area contributed by atoms with Gasteiger partial charge in [0.15, 0.2) is 0 Å². The number of hydrogen-bond donors (Lipinski definition) is 1. The second kappa shape index (κ2) is 6.12. The summed E-state index contributed by atoms with van der Waals surface area (Å²) in [6, 6.07) is 3.12. The van der Waals surface area contributed by atoms with Gasteiger partial charge in [-0.1, -0.05) is 30.1 Å². The standard InChI is InChI=1S/C12H16Cl2N2O/c1-3-5-16(4-2)12(17)8-6-9(13)11(14)10(15)7-8/h6-7H,3-5,15H2,1-2H3. The van der Waals surface area contributed by atoms with E-state index in [1.807, 2.05) is 13.8 Å². The van der Waals surface area contributed by atoms with Gasteiger partial charge in [-0.3, -0.25) is 4.79 Å². The number of hydrogen-bond acceptors (Lipinski definition) is 2. The molecule has 0 saturated carbocycles. The van der Waals surface area contributed by atoms with Crippen molar-refractivity contribution < 1.29 is 4.79 Å². The summed E-state index contributed by atoms with van der Waals surface area (Å²) in [4.78, 5) is 13.9. The minimum atomic E-state index is -0.0698. The van der Waals surface area contributed by atoms with Gasteiger partial charge < -0.3 is 10.6 Å². The molecule has 1 rings (SSSR count). The third kappa shape index (κ3) is 3.27. The first-order chi connectivity index (χ1) is 8.01. The van der Waals surface area contributed by atoms with Crippen LogP contribution in [0.2, 0.25) is 10.0 Å². The molecule has 0 bridgehead atoms. The molecule has 0 fully saturated rings. The molecular weight excluding hydrogens is 259 g/mol. The van der Waals surface area contributed by atoms with Gasteiger partial charge in [0.2, 0.25) is 0 Å². The molecular formula is C12H16Cl2N2O. The van der Waals surface area contributed by atoms with Gasteiger partial charge in [0.25, 0.3) is 5.91 Å². The quantitative estimate of drug-likeness (QED) is 0.855. The van der Waals surface area contributed by atoms with Gasteiger partial charge >= 0.3 is 0 Å². The van der Waals surface area contributed by atoms with Crippen molar-refractivity contribution in [3.63, 3.8) is 0 Å². The lowest BCUT2D eigenvalue weighted by molar-refractivity contribution is 0.0764. The highest BCUT2D eigenvalue weighted by atomic mass is 35.5. The monoisotopic (exact) mass is 274 g/mol. The van der Waals surface area contributed by atoms with Crippen LogP contribution < -0.4 is 5.73 Å². The van der Waals surface area contributed by atoms with E-state index < -0.39 is 0 Å². The molecule has 3 nitrogen and oxygen atoms in total. The largest absolute Gasteiger partial charge is 0.397 e. The van der Waals surface area contributed by atoms with Crippen molar-refractivity contribution in [1.82, 2.24) is 4.90 Å². The molecule has 0 heterocycles. The van der Waals surface area contributed by atoms with Crippen molar-refractivity contribution in [3.8, 4) is 0 Å². The summed E-state index contributed by atoms with van der Waals surface area (Å²) in [7, 11) is 0. The predicted octanol–water partition coefficient (Wildman–Crippen LogP) is 3.45. The summed E-state index contributed by atoms with van der Waals surface area (Å²) in [6.07, 6.45) is 0.913. The molecule has 5 heteroatoms. The predicted molar refractivity (Wildman–Crippen MR) is 72.7 cm³/mol. The second-order valence-corrected chi connectivity index (χ2v) is 4.53. The Kier molecular flexibility index (Phi) is 5.09. The number of anilines is 1. The first-order valence-electron chi connectivity index (χ1n) is 5.55. The number of halogens is 2. The highest BCUT2D eigenvalue weighted by Crippen LogP contribution is 2.29. The van der Waals surface area contributed by atoms with Crippen LogP contribution in [-0.4, -0.2) is 23.9 Å². The van der Waals surface area contributed by atoms with E-state index in [-0.39, 0.29) is 5.91 Å². The Morgan fingerprint density at radius 2 is 2.00 bits per heavy atom. The molecule has 1 aromatic rings. The van der Waals surface area contributed by atoms with Gasteiger partial charge in [-0.15, -0.1) is 0 Å². The van der Waals surface area contributed by atoms with E-state index in [1.54, 1.807) is 17.0 Å². The van der Waals surface area contributed by atoms with E-state index in [4.69, 9.17) is 28.9 Å². The number of nitrogen functional groups attached to an aromatic ring is 1. The Hall–Kier alpha value is -0.930. The first-order valence-corrected chi connectivity index (χ1v) is 6.30. The van der Waals surface area contributed by atoms with Gasteiger partial charge in [0, 0.05) is 18.7 Å². The van der Waals surface area contributed by atoms with Crippen LogP contribution in [0.5, 0.6) is 0 Å². The lowest BCUT2D eigenvalue weighted by Gasteiger charge is -2.20. The molecule has 17 heavy (non-hydrogen) atoms. The number of nitrogens with zero attached hydrogens (tertiary/aromatic N) is 1. The fraction of sp³-hybridized carbons (Fsp3) is 0.417. The van der Waals surface area contributed by atoms with E-state index in [2.05, 4.69) is 0 Å². The molecule has 0 spiro atoms. The summed E-state index contributed by atoms with van der Waals surface area (Å²) in [6.45, 7) is 5.34. The van der Waals surface area contributed by atoms with Gasteiger partial charge in [-0.05, 0) is 25.5 Å². The average Bonchev–Trinajstić information content (AvgIpc) is 2.31. The van der Waals surface area contributed by atoms with Crippen LogP contribution in [0.3, 0.4) is 0 Å². The lowest BCUT2D eigenvalue weighted by atomic mass is 10.1. The molecule has 0 saturated heterocycles. The molecule has 2 N–H and O–H groups in total. The van der Waals surface area contributed by atoms with E-state index >= 15 is 0 Å². The third-order valence-electron chi connectivity index (χ3n) is 2.47. The molecule has 1 amide bonds. The topological polar surface area (TPSA) is 46.3 Å². The van der Waals surface area contributed by atoms with Crippen LogP contribution in [0.1, 0.15) is 30.6 Å². The Labute approximate surface area is 111 Å². The molecule has 0 aliphatic carbocycles. The zero-order valence-corrected chi connectivity index (χ0v) is 11.5. The number of amides is 1. The minimum absolute atomic E-state index is 0.0698. The highest BCUT2D eigenvalue weighted by molar-refractivity contribution is 6.43. The maximum atomic E-state index is 12.2. The van der Waals surface area contributed by atoms with Crippen molar-refractivity contribution in [2.45, 2.75) is 20.3 Å². The van der Waals surface area contributed by atoms with Crippen LogP contribution in [0.4, 0.5) is 5.69 Å². The summed E-state index contributed by atoms with van der Waals surface area (Å²) >= 11 is 11.8. The molecule has 0 atom stereocenters. The molecule has 0 radical (unpaired) electrons. The number of benzene rings is 1. The van der Waals surface area contributed by atoms with E-state index in [1.165, 1.54) is 0 Å². The molecule has 0 unspecified atom stereocenters. The van der Waals surface area contributed by atoms with Crippen molar-refractivity contribution in [3.05, 3.63) is 27.7 Å². The average molecular weight is 275 g/mol. The number of carbonyl (C=O) groups is 1. The summed E-state index contributed by atoms with van der Waals surface area (Å²) in [5.41, 5.74) is 6.50. The molecule has 1 aromatic carbocycles. The Morgan fingerprint density at radius 3 is 2.47 bits per heavy atom.